The molecule has 3 fully saturated rings. The van der Waals surface area contributed by atoms with Gasteiger partial charge in [0.2, 0.25) is 0 Å². The molecule has 3 aliphatic heterocycles. The number of amides is 2. The molecule has 3 saturated heterocycles. The van der Waals surface area contributed by atoms with E-state index >= 15 is 0 Å². The summed E-state index contributed by atoms with van der Waals surface area (Å²) in [5.74, 6) is 0. The maximum atomic E-state index is 12.3. The van der Waals surface area contributed by atoms with Crippen LogP contribution in [0.5, 0.6) is 0 Å². The predicted molar refractivity (Wildman–Crippen MR) is 68.6 cm³/mol. The van der Waals surface area contributed by atoms with Crippen molar-refractivity contribution in [3.63, 3.8) is 0 Å². The third kappa shape index (κ3) is 2.47. The molecule has 5 heteroatoms. The molecule has 0 N–H and O–H groups in total. The standard InChI is InChI=1S/C13H23N3O2/c17-13(15-7-9-18-10-8-15)16-6-3-12(11-16)14-4-1-2-5-14/h12H,1-11H2. The summed E-state index contributed by atoms with van der Waals surface area (Å²) in [4.78, 5) is 18.9. The van der Waals surface area contributed by atoms with Gasteiger partial charge in [0.05, 0.1) is 13.2 Å². The minimum Gasteiger partial charge on any atom is -0.378 e. The van der Waals surface area contributed by atoms with Crippen molar-refractivity contribution < 1.29 is 9.53 Å². The number of nitrogens with zero attached hydrogens (tertiary/aromatic N) is 3. The molecule has 3 heterocycles. The van der Waals surface area contributed by atoms with Gasteiger partial charge in [-0.3, -0.25) is 4.90 Å². The highest BCUT2D eigenvalue weighted by Crippen LogP contribution is 2.21. The lowest BCUT2D eigenvalue weighted by molar-refractivity contribution is 0.0446. The van der Waals surface area contributed by atoms with Crippen LogP contribution in [-0.4, -0.2) is 79.3 Å². The third-order valence-corrected chi connectivity index (χ3v) is 4.37. The Labute approximate surface area is 109 Å². The van der Waals surface area contributed by atoms with E-state index in [-0.39, 0.29) is 6.03 Å². The maximum Gasteiger partial charge on any atom is 0.320 e. The van der Waals surface area contributed by atoms with Crippen LogP contribution in [0.1, 0.15) is 19.3 Å². The van der Waals surface area contributed by atoms with E-state index in [2.05, 4.69) is 4.90 Å². The van der Waals surface area contributed by atoms with Gasteiger partial charge >= 0.3 is 6.03 Å². The summed E-state index contributed by atoms with van der Waals surface area (Å²) in [5, 5.41) is 0. The van der Waals surface area contributed by atoms with Crippen LogP contribution in [-0.2, 0) is 4.74 Å². The van der Waals surface area contributed by atoms with Crippen LogP contribution in [0.2, 0.25) is 0 Å². The monoisotopic (exact) mass is 253 g/mol. The second kappa shape index (κ2) is 5.45. The molecule has 0 aliphatic carbocycles. The predicted octanol–water partition coefficient (Wildman–Crippen LogP) is 0.609. The van der Waals surface area contributed by atoms with Crippen molar-refractivity contribution in [1.82, 2.24) is 14.7 Å². The topological polar surface area (TPSA) is 36.0 Å². The first-order valence-corrected chi connectivity index (χ1v) is 7.20. The lowest BCUT2D eigenvalue weighted by Crippen LogP contribution is -2.48. The van der Waals surface area contributed by atoms with E-state index in [1.54, 1.807) is 0 Å². The normalized spacial score (nSPS) is 30.1. The average Bonchev–Trinajstić information content (AvgIpc) is 3.09. The number of likely N-dealkylation sites (tertiary alicyclic amines) is 2. The van der Waals surface area contributed by atoms with Crippen LogP contribution in [0.15, 0.2) is 0 Å². The van der Waals surface area contributed by atoms with Gasteiger partial charge in [-0.05, 0) is 32.4 Å². The molecule has 0 aromatic carbocycles. The Hall–Kier alpha value is -0.810. The van der Waals surface area contributed by atoms with Gasteiger partial charge in [-0.2, -0.15) is 0 Å². The van der Waals surface area contributed by atoms with Crippen molar-refractivity contribution in [2.45, 2.75) is 25.3 Å². The summed E-state index contributed by atoms with van der Waals surface area (Å²) in [6, 6.07) is 0.831. The quantitative estimate of drug-likeness (QED) is 0.687. The number of carbonyl (C=O) groups is 1. The Balaban J connectivity index is 1.52. The van der Waals surface area contributed by atoms with Gasteiger partial charge < -0.3 is 14.5 Å². The zero-order valence-electron chi connectivity index (χ0n) is 11.0. The highest BCUT2D eigenvalue weighted by Gasteiger charge is 2.33. The second-order valence-electron chi connectivity index (χ2n) is 5.51. The van der Waals surface area contributed by atoms with Crippen LogP contribution in [0.4, 0.5) is 4.79 Å². The van der Waals surface area contributed by atoms with Gasteiger partial charge in [-0.15, -0.1) is 0 Å². The molecule has 0 bridgehead atoms. The Morgan fingerprint density at radius 3 is 2.39 bits per heavy atom. The van der Waals surface area contributed by atoms with Crippen molar-refractivity contribution in [2.24, 2.45) is 0 Å². The molecule has 1 atom stereocenters. The molecule has 18 heavy (non-hydrogen) atoms. The van der Waals surface area contributed by atoms with E-state index in [9.17, 15) is 4.79 Å². The van der Waals surface area contributed by atoms with E-state index in [0.717, 1.165) is 32.6 Å². The Morgan fingerprint density at radius 2 is 1.67 bits per heavy atom. The molecule has 5 nitrogen and oxygen atoms in total. The molecular formula is C13H23N3O2. The van der Waals surface area contributed by atoms with E-state index in [0.29, 0.717) is 19.3 Å². The van der Waals surface area contributed by atoms with Crippen molar-refractivity contribution >= 4 is 6.03 Å². The fourth-order valence-electron chi connectivity index (χ4n) is 3.27. The molecule has 0 radical (unpaired) electrons. The van der Waals surface area contributed by atoms with Crippen molar-refractivity contribution in [3.05, 3.63) is 0 Å². The van der Waals surface area contributed by atoms with Gasteiger partial charge in [0, 0.05) is 32.2 Å². The number of ether oxygens (including phenoxy) is 1. The van der Waals surface area contributed by atoms with Crippen LogP contribution in [0.3, 0.4) is 0 Å². The highest BCUT2D eigenvalue weighted by molar-refractivity contribution is 5.75. The zero-order valence-corrected chi connectivity index (χ0v) is 11.0. The lowest BCUT2D eigenvalue weighted by Gasteiger charge is -2.31. The minimum atomic E-state index is 0.222. The van der Waals surface area contributed by atoms with Gasteiger partial charge in [0.1, 0.15) is 0 Å². The van der Waals surface area contributed by atoms with E-state index in [4.69, 9.17) is 4.74 Å². The van der Waals surface area contributed by atoms with Crippen LogP contribution < -0.4 is 0 Å². The number of urea groups is 1. The second-order valence-corrected chi connectivity index (χ2v) is 5.51. The summed E-state index contributed by atoms with van der Waals surface area (Å²) < 4.78 is 5.29. The summed E-state index contributed by atoms with van der Waals surface area (Å²) >= 11 is 0. The van der Waals surface area contributed by atoms with E-state index in [1.165, 1.54) is 25.9 Å². The molecule has 0 aromatic heterocycles. The average molecular weight is 253 g/mol. The van der Waals surface area contributed by atoms with Crippen LogP contribution >= 0.6 is 0 Å². The summed E-state index contributed by atoms with van der Waals surface area (Å²) in [7, 11) is 0. The van der Waals surface area contributed by atoms with Gasteiger partial charge in [0.15, 0.2) is 0 Å². The maximum absolute atomic E-state index is 12.3. The highest BCUT2D eigenvalue weighted by atomic mass is 16.5. The Morgan fingerprint density at radius 1 is 0.944 bits per heavy atom. The van der Waals surface area contributed by atoms with E-state index in [1.807, 2.05) is 9.80 Å². The van der Waals surface area contributed by atoms with Crippen LogP contribution in [0, 0.1) is 0 Å². The van der Waals surface area contributed by atoms with Crippen molar-refractivity contribution in [1.29, 1.82) is 0 Å². The van der Waals surface area contributed by atoms with E-state index < -0.39 is 0 Å². The van der Waals surface area contributed by atoms with Crippen LogP contribution in [0.25, 0.3) is 0 Å². The Kier molecular flexibility index (Phi) is 3.70. The summed E-state index contributed by atoms with van der Waals surface area (Å²) in [6.45, 7) is 7.19. The van der Waals surface area contributed by atoms with Crippen molar-refractivity contribution in [2.75, 3.05) is 52.5 Å². The van der Waals surface area contributed by atoms with Gasteiger partial charge in [0.25, 0.3) is 0 Å². The molecule has 0 aromatic rings. The molecular weight excluding hydrogens is 230 g/mol. The first kappa shape index (κ1) is 12.2. The zero-order chi connectivity index (χ0) is 12.4. The van der Waals surface area contributed by atoms with Crippen molar-refractivity contribution in [3.8, 4) is 0 Å². The molecule has 0 saturated carbocycles. The van der Waals surface area contributed by atoms with Gasteiger partial charge in [-0.1, -0.05) is 0 Å². The molecule has 0 spiro atoms. The molecule has 102 valence electrons. The molecule has 2 amide bonds. The summed E-state index contributed by atoms with van der Waals surface area (Å²) in [5.41, 5.74) is 0. The fourth-order valence-corrected chi connectivity index (χ4v) is 3.27. The SMILES string of the molecule is O=C(N1CCOCC1)N1CCC(N2CCCC2)C1. The molecule has 3 rings (SSSR count). The largest absolute Gasteiger partial charge is 0.378 e. The number of morpholine rings is 1. The Bertz CT molecular complexity index is 299. The number of hydrogen-bond acceptors (Lipinski definition) is 3. The number of carbonyl (C=O) groups excluding carboxylic acids is 1. The fraction of sp³-hybridized carbons (Fsp3) is 0.923. The lowest BCUT2D eigenvalue weighted by atomic mass is 10.2. The number of rotatable bonds is 1. The van der Waals surface area contributed by atoms with Gasteiger partial charge in [-0.25, -0.2) is 4.79 Å². The molecule has 3 aliphatic rings. The summed E-state index contributed by atoms with van der Waals surface area (Å²) in [6.07, 6.45) is 3.80. The number of hydrogen-bond donors (Lipinski definition) is 0. The smallest absolute Gasteiger partial charge is 0.320 e. The molecule has 1 unspecified atom stereocenters. The first-order valence-electron chi connectivity index (χ1n) is 7.20. The third-order valence-electron chi connectivity index (χ3n) is 4.37. The first-order chi connectivity index (χ1) is 8.84. The minimum absolute atomic E-state index is 0.222.